The summed E-state index contributed by atoms with van der Waals surface area (Å²) in [5.74, 6) is 1.87. The van der Waals surface area contributed by atoms with Crippen molar-refractivity contribution in [3.63, 3.8) is 0 Å². The summed E-state index contributed by atoms with van der Waals surface area (Å²) in [7, 11) is 0. The van der Waals surface area contributed by atoms with Gasteiger partial charge in [0.1, 0.15) is 0 Å². The summed E-state index contributed by atoms with van der Waals surface area (Å²) < 4.78 is 5.99. The third-order valence-electron chi connectivity index (χ3n) is 5.42. The van der Waals surface area contributed by atoms with E-state index in [1.165, 1.54) is 70.8 Å². The normalized spacial score (nSPS) is 33.0. The van der Waals surface area contributed by atoms with Crippen LogP contribution in [0.15, 0.2) is 0 Å². The van der Waals surface area contributed by atoms with Crippen LogP contribution in [0.4, 0.5) is 0 Å². The van der Waals surface area contributed by atoms with E-state index >= 15 is 0 Å². The molecule has 118 valence electrons. The predicted octanol–water partition coefficient (Wildman–Crippen LogP) is 4.53. The molecule has 2 fully saturated rings. The van der Waals surface area contributed by atoms with Gasteiger partial charge in [0, 0.05) is 12.6 Å². The van der Waals surface area contributed by atoms with E-state index in [2.05, 4.69) is 19.2 Å². The maximum Gasteiger partial charge on any atom is 0.0590 e. The Morgan fingerprint density at radius 2 is 2.00 bits per heavy atom. The Balaban J connectivity index is 1.87. The van der Waals surface area contributed by atoms with Gasteiger partial charge in [-0.05, 0) is 63.3 Å². The lowest BCUT2D eigenvalue weighted by molar-refractivity contribution is -0.00155. The van der Waals surface area contributed by atoms with Crippen molar-refractivity contribution in [2.24, 2.45) is 11.8 Å². The first kappa shape index (κ1) is 16.3. The first-order valence-corrected chi connectivity index (χ1v) is 9.18. The molecule has 1 heterocycles. The minimum absolute atomic E-state index is 0.528. The summed E-state index contributed by atoms with van der Waals surface area (Å²) in [6, 6.07) is 0.701. The van der Waals surface area contributed by atoms with Crippen LogP contribution < -0.4 is 5.32 Å². The van der Waals surface area contributed by atoms with Crippen LogP contribution in [0, 0.1) is 11.8 Å². The third kappa shape index (κ3) is 5.04. The minimum Gasteiger partial charge on any atom is -0.378 e. The second-order valence-corrected chi connectivity index (χ2v) is 6.99. The monoisotopic (exact) mass is 281 g/mol. The van der Waals surface area contributed by atoms with Crippen LogP contribution in [0.1, 0.15) is 78.1 Å². The van der Waals surface area contributed by atoms with Crippen LogP contribution >= 0.6 is 0 Å². The Kier molecular flexibility index (Phi) is 7.37. The number of rotatable bonds is 7. The van der Waals surface area contributed by atoms with Gasteiger partial charge in [-0.1, -0.05) is 33.1 Å². The van der Waals surface area contributed by atoms with Gasteiger partial charge in [-0.25, -0.2) is 0 Å². The van der Waals surface area contributed by atoms with Gasteiger partial charge in [0.05, 0.1) is 6.10 Å². The fourth-order valence-corrected chi connectivity index (χ4v) is 4.12. The Morgan fingerprint density at radius 3 is 2.70 bits per heavy atom. The summed E-state index contributed by atoms with van der Waals surface area (Å²) in [5, 5.41) is 3.85. The lowest BCUT2D eigenvalue weighted by atomic mass is 9.75. The fourth-order valence-electron chi connectivity index (χ4n) is 4.12. The van der Waals surface area contributed by atoms with Gasteiger partial charge in [-0.2, -0.15) is 0 Å². The predicted molar refractivity (Wildman–Crippen MR) is 86.0 cm³/mol. The molecule has 0 aromatic carbocycles. The molecule has 1 aliphatic heterocycles. The van der Waals surface area contributed by atoms with Crippen LogP contribution in [0.5, 0.6) is 0 Å². The van der Waals surface area contributed by atoms with Crippen LogP contribution in [0.3, 0.4) is 0 Å². The molecule has 0 aromatic rings. The lowest BCUT2D eigenvalue weighted by Crippen LogP contribution is -2.42. The van der Waals surface area contributed by atoms with Crippen molar-refractivity contribution in [1.29, 1.82) is 0 Å². The molecule has 2 aliphatic rings. The molecule has 0 amide bonds. The Hall–Kier alpha value is -0.0800. The molecule has 2 heteroatoms. The summed E-state index contributed by atoms with van der Waals surface area (Å²) in [6.45, 7) is 6.81. The Morgan fingerprint density at radius 1 is 1.10 bits per heavy atom. The van der Waals surface area contributed by atoms with Crippen LogP contribution in [0.25, 0.3) is 0 Å². The maximum absolute atomic E-state index is 5.99. The minimum atomic E-state index is 0.528. The number of ether oxygens (including phenoxy) is 1. The van der Waals surface area contributed by atoms with Crippen molar-refractivity contribution < 1.29 is 4.74 Å². The molecule has 2 rings (SSSR count). The van der Waals surface area contributed by atoms with E-state index in [0.29, 0.717) is 12.1 Å². The molecule has 1 saturated carbocycles. The highest BCUT2D eigenvalue weighted by atomic mass is 16.5. The summed E-state index contributed by atoms with van der Waals surface area (Å²) in [4.78, 5) is 0. The van der Waals surface area contributed by atoms with E-state index in [1.807, 2.05) is 0 Å². The van der Waals surface area contributed by atoms with Crippen LogP contribution in [-0.2, 0) is 4.74 Å². The van der Waals surface area contributed by atoms with Gasteiger partial charge in [-0.3, -0.25) is 0 Å². The third-order valence-corrected chi connectivity index (χ3v) is 5.42. The average Bonchev–Trinajstić information content (AvgIpc) is 2.52. The van der Waals surface area contributed by atoms with Gasteiger partial charge in [-0.15, -0.1) is 0 Å². The topological polar surface area (TPSA) is 21.3 Å². The molecule has 4 unspecified atom stereocenters. The zero-order valence-electron chi connectivity index (χ0n) is 13.7. The summed E-state index contributed by atoms with van der Waals surface area (Å²) in [5.41, 5.74) is 0. The van der Waals surface area contributed by atoms with E-state index in [1.54, 1.807) is 0 Å². The second kappa shape index (κ2) is 9.04. The number of hydrogen-bond acceptors (Lipinski definition) is 2. The highest BCUT2D eigenvalue weighted by Gasteiger charge is 2.29. The molecular formula is C18H35NO. The van der Waals surface area contributed by atoms with Gasteiger partial charge in [0.25, 0.3) is 0 Å². The van der Waals surface area contributed by atoms with E-state index in [9.17, 15) is 0 Å². The molecule has 0 spiro atoms. The molecule has 20 heavy (non-hydrogen) atoms. The first-order chi connectivity index (χ1) is 9.83. The Labute approximate surface area is 126 Å². The van der Waals surface area contributed by atoms with Crippen molar-refractivity contribution in [3.05, 3.63) is 0 Å². The lowest BCUT2D eigenvalue weighted by Gasteiger charge is -2.37. The van der Waals surface area contributed by atoms with Crippen LogP contribution in [-0.4, -0.2) is 25.3 Å². The van der Waals surface area contributed by atoms with Gasteiger partial charge in [0.15, 0.2) is 0 Å². The number of nitrogens with one attached hydrogen (secondary N) is 1. The van der Waals surface area contributed by atoms with Gasteiger partial charge < -0.3 is 10.1 Å². The highest BCUT2D eigenvalue weighted by molar-refractivity contribution is 4.85. The molecule has 0 radical (unpaired) electrons. The fraction of sp³-hybridized carbons (Fsp3) is 1.00. The molecule has 1 aliphatic carbocycles. The van der Waals surface area contributed by atoms with E-state index in [4.69, 9.17) is 4.74 Å². The molecule has 2 nitrogen and oxygen atoms in total. The second-order valence-electron chi connectivity index (χ2n) is 6.99. The van der Waals surface area contributed by atoms with Crippen molar-refractivity contribution in [3.8, 4) is 0 Å². The van der Waals surface area contributed by atoms with E-state index in [-0.39, 0.29) is 0 Å². The first-order valence-electron chi connectivity index (χ1n) is 9.18. The van der Waals surface area contributed by atoms with Crippen LogP contribution in [0.2, 0.25) is 0 Å². The van der Waals surface area contributed by atoms with E-state index in [0.717, 1.165) is 18.4 Å². The average molecular weight is 281 g/mol. The molecule has 0 bridgehead atoms. The summed E-state index contributed by atoms with van der Waals surface area (Å²) >= 11 is 0. The van der Waals surface area contributed by atoms with Gasteiger partial charge >= 0.3 is 0 Å². The quantitative estimate of drug-likeness (QED) is 0.740. The van der Waals surface area contributed by atoms with E-state index < -0.39 is 0 Å². The highest BCUT2D eigenvalue weighted by Crippen LogP contribution is 2.35. The zero-order chi connectivity index (χ0) is 14.2. The van der Waals surface area contributed by atoms with Crippen molar-refractivity contribution >= 4 is 0 Å². The molecule has 0 aromatic heterocycles. The van der Waals surface area contributed by atoms with Crippen molar-refractivity contribution in [2.75, 3.05) is 13.2 Å². The maximum atomic E-state index is 5.99. The standard InChI is InChI=1S/C18H35NO/c1-3-11-19-18(14-17-10-5-6-12-20-17)16-9-7-8-15(4-2)13-16/h15-19H,3-14H2,1-2H3. The largest absolute Gasteiger partial charge is 0.378 e. The molecule has 1 saturated heterocycles. The molecular weight excluding hydrogens is 246 g/mol. The molecule has 4 atom stereocenters. The molecule has 1 N–H and O–H groups in total. The summed E-state index contributed by atoms with van der Waals surface area (Å²) in [6.07, 6.45) is 14.1. The van der Waals surface area contributed by atoms with Gasteiger partial charge in [0.2, 0.25) is 0 Å². The zero-order valence-corrected chi connectivity index (χ0v) is 13.7. The smallest absolute Gasteiger partial charge is 0.0590 e. The number of hydrogen-bond donors (Lipinski definition) is 1. The van der Waals surface area contributed by atoms with Crippen molar-refractivity contribution in [2.45, 2.75) is 90.2 Å². The SMILES string of the molecule is CCCNC(CC1CCCCO1)C1CCCC(CC)C1. The van der Waals surface area contributed by atoms with Crippen molar-refractivity contribution in [1.82, 2.24) is 5.32 Å². The Bertz CT molecular complexity index is 250.